The summed E-state index contributed by atoms with van der Waals surface area (Å²) in [5.74, 6) is 2.49. The first-order valence-electron chi connectivity index (χ1n) is 10.1. The lowest BCUT2D eigenvalue weighted by atomic mass is 10.1. The monoisotopic (exact) mass is 398 g/mol. The van der Waals surface area contributed by atoms with Crippen molar-refractivity contribution in [3.05, 3.63) is 48.0 Å². The van der Waals surface area contributed by atoms with Crippen molar-refractivity contribution >= 4 is 11.6 Å². The minimum atomic E-state index is 0.192. The van der Waals surface area contributed by atoms with E-state index in [1.807, 2.05) is 48.2 Å². The highest BCUT2D eigenvalue weighted by Crippen LogP contribution is 2.29. The zero-order valence-electron chi connectivity index (χ0n) is 17.5. The summed E-state index contributed by atoms with van der Waals surface area (Å²) in [6.07, 6.45) is 1.18. The van der Waals surface area contributed by atoms with Crippen LogP contribution in [-0.2, 0) is 11.2 Å². The second kappa shape index (κ2) is 10.0. The fourth-order valence-electron chi connectivity index (χ4n) is 3.64. The number of para-hydroxylation sites is 2. The Labute approximate surface area is 173 Å². The zero-order valence-corrected chi connectivity index (χ0v) is 17.5. The summed E-state index contributed by atoms with van der Waals surface area (Å²) in [4.78, 5) is 16.9. The van der Waals surface area contributed by atoms with E-state index in [0.717, 1.165) is 43.2 Å². The molecule has 6 nitrogen and oxygen atoms in total. The van der Waals surface area contributed by atoms with E-state index in [1.54, 1.807) is 14.2 Å². The van der Waals surface area contributed by atoms with Gasteiger partial charge in [0, 0.05) is 32.6 Å². The van der Waals surface area contributed by atoms with Crippen molar-refractivity contribution in [3.8, 4) is 17.2 Å². The first kappa shape index (κ1) is 20.8. The van der Waals surface area contributed by atoms with Gasteiger partial charge in [-0.25, -0.2) is 0 Å². The topological polar surface area (TPSA) is 51.2 Å². The molecule has 0 spiro atoms. The number of nitrogens with zero attached hydrogens (tertiary/aromatic N) is 2. The number of aryl methyl sites for hydroxylation is 1. The van der Waals surface area contributed by atoms with Crippen LogP contribution in [0.5, 0.6) is 17.2 Å². The number of rotatable bonds is 8. The summed E-state index contributed by atoms with van der Waals surface area (Å²) in [6, 6.07) is 13.9. The fraction of sp³-hybridized carbons (Fsp3) is 0.435. The van der Waals surface area contributed by atoms with Gasteiger partial charge >= 0.3 is 0 Å². The van der Waals surface area contributed by atoms with Crippen molar-refractivity contribution in [1.82, 2.24) is 4.90 Å². The van der Waals surface area contributed by atoms with E-state index in [4.69, 9.17) is 14.2 Å². The van der Waals surface area contributed by atoms with E-state index in [2.05, 4.69) is 11.0 Å². The van der Waals surface area contributed by atoms with Gasteiger partial charge in [0.25, 0.3) is 0 Å². The van der Waals surface area contributed by atoms with Crippen LogP contribution in [-0.4, -0.2) is 57.8 Å². The predicted octanol–water partition coefficient (Wildman–Crippen LogP) is 3.38. The third kappa shape index (κ3) is 5.13. The predicted molar refractivity (Wildman–Crippen MR) is 114 cm³/mol. The average Bonchev–Trinajstić information content (AvgIpc) is 2.78. The molecule has 0 aromatic heterocycles. The third-order valence-electron chi connectivity index (χ3n) is 5.21. The van der Waals surface area contributed by atoms with Gasteiger partial charge in [-0.05, 0) is 43.2 Å². The van der Waals surface area contributed by atoms with Gasteiger partial charge in [0.1, 0.15) is 5.75 Å². The van der Waals surface area contributed by atoms with Gasteiger partial charge in [0.2, 0.25) is 5.91 Å². The maximum atomic E-state index is 12.7. The van der Waals surface area contributed by atoms with Crippen LogP contribution in [0.4, 0.5) is 5.69 Å². The molecule has 156 valence electrons. The van der Waals surface area contributed by atoms with Crippen molar-refractivity contribution in [2.45, 2.75) is 19.8 Å². The van der Waals surface area contributed by atoms with E-state index in [1.165, 1.54) is 0 Å². The number of methoxy groups -OCH3 is 2. The van der Waals surface area contributed by atoms with Crippen molar-refractivity contribution in [3.63, 3.8) is 0 Å². The van der Waals surface area contributed by atoms with Crippen LogP contribution in [0, 0.1) is 0 Å². The number of carbonyl (C=O) groups excluding carboxylic acids is 1. The van der Waals surface area contributed by atoms with Crippen LogP contribution in [0.25, 0.3) is 0 Å². The Hall–Kier alpha value is -2.89. The van der Waals surface area contributed by atoms with Gasteiger partial charge in [-0.1, -0.05) is 18.2 Å². The Balaban J connectivity index is 1.53. The number of amides is 1. The molecule has 6 heteroatoms. The third-order valence-corrected chi connectivity index (χ3v) is 5.21. The van der Waals surface area contributed by atoms with Gasteiger partial charge in [-0.2, -0.15) is 0 Å². The van der Waals surface area contributed by atoms with E-state index >= 15 is 0 Å². The highest BCUT2D eigenvalue weighted by atomic mass is 16.5. The van der Waals surface area contributed by atoms with E-state index in [-0.39, 0.29) is 5.91 Å². The molecule has 1 heterocycles. The lowest BCUT2D eigenvalue weighted by Gasteiger charge is -2.36. The number of carbonyl (C=O) groups is 1. The lowest BCUT2D eigenvalue weighted by molar-refractivity contribution is -0.131. The quantitative estimate of drug-likeness (QED) is 0.682. The largest absolute Gasteiger partial charge is 0.493 e. The van der Waals surface area contributed by atoms with Crippen LogP contribution in [0.2, 0.25) is 0 Å². The lowest BCUT2D eigenvalue weighted by Crippen LogP contribution is -2.49. The number of ether oxygens (including phenoxy) is 3. The van der Waals surface area contributed by atoms with Crippen LogP contribution < -0.4 is 19.1 Å². The minimum absolute atomic E-state index is 0.192. The van der Waals surface area contributed by atoms with Crippen molar-refractivity contribution in [2.24, 2.45) is 0 Å². The molecule has 0 bridgehead atoms. The Bertz CT molecular complexity index is 816. The summed E-state index contributed by atoms with van der Waals surface area (Å²) in [5, 5.41) is 0. The Morgan fingerprint density at radius 1 is 0.931 bits per heavy atom. The molecule has 1 saturated heterocycles. The maximum Gasteiger partial charge on any atom is 0.223 e. The molecule has 0 radical (unpaired) electrons. The molecular formula is C23H30N2O4. The van der Waals surface area contributed by atoms with E-state index in [9.17, 15) is 4.79 Å². The number of benzene rings is 2. The first-order valence-corrected chi connectivity index (χ1v) is 10.1. The molecule has 0 saturated carbocycles. The first-order chi connectivity index (χ1) is 14.2. The molecule has 1 amide bonds. The molecule has 0 atom stereocenters. The van der Waals surface area contributed by atoms with Crippen molar-refractivity contribution < 1.29 is 19.0 Å². The van der Waals surface area contributed by atoms with Gasteiger partial charge < -0.3 is 24.0 Å². The number of hydrogen-bond acceptors (Lipinski definition) is 5. The fourth-order valence-corrected chi connectivity index (χ4v) is 3.64. The van der Waals surface area contributed by atoms with E-state index in [0.29, 0.717) is 30.9 Å². The van der Waals surface area contributed by atoms with Gasteiger partial charge in [-0.15, -0.1) is 0 Å². The average molecular weight is 399 g/mol. The Kier molecular flexibility index (Phi) is 7.22. The molecule has 0 aliphatic carbocycles. The molecule has 3 rings (SSSR count). The standard InChI is InChI=1S/C23H30N2O4/c1-4-29-20-8-6-5-7-19(20)24-13-15-25(16-14-24)23(26)12-10-18-9-11-21(27-2)22(17-18)28-3/h5-9,11,17H,4,10,12-16H2,1-3H3. The van der Waals surface area contributed by atoms with Crippen molar-refractivity contribution in [1.29, 1.82) is 0 Å². The summed E-state index contributed by atoms with van der Waals surface area (Å²) >= 11 is 0. The molecule has 0 N–H and O–H groups in total. The number of anilines is 1. The highest BCUT2D eigenvalue weighted by molar-refractivity contribution is 5.77. The second-order valence-electron chi connectivity index (χ2n) is 6.96. The zero-order chi connectivity index (χ0) is 20.6. The van der Waals surface area contributed by atoms with Gasteiger partial charge in [-0.3, -0.25) is 4.79 Å². The molecule has 1 aliphatic rings. The van der Waals surface area contributed by atoms with Crippen LogP contribution in [0.3, 0.4) is 0 Å². The molecule has 2 aromatic carbocycles. The summed E-state index contributed by atoms with van der Waals surface area (Å²) in [5.41, 5.74) is 2.17. The summed E-state index contributed by atoms with van der Waals surface area (Å²) < 4.78 is 16.4. The SMILES string of the molecule is CCOc1ccccc1N1CCN(C(=O)CCc2ccc(OC)c(OC)c2)CC1. The Morgan fingerprint density at radius 2 is 1.66 bits per heavy atom. The minimum Gasteiger partial charge on any atom is -0.493 e. The molecular weight excluding hydrogens is 368 g/mol. The van der Waals surface area contributed by atoms with Gasteiger partial charge in [0.05, 0.1) is 26.5 Å². The van der Waals surface area contributed by atoms with E-state index < -0.39 is 0 Å². The second-order valence-corrected chi connectivity index (χ2v) is 6.96. The Morgan fingerprint density at radius 3 is 2.34 bits per heavy atom. The smallest absolute Gasteiger partial charge is 0.223 e. The summed E-state index contributed by atoms with van der Waals surface area (Å²) in [6.45, 7) is 5.71. The summed E-state index contributed by atoms with van der Waals surface area (Å²) in [7, 11) is 3.24. The van der Waals surface area contributed by atoms with Gasteiger partial charge in [0.15, 0.2) is 11.5 Å². The molecule has 2 aromatic rings. The number of piperazine rings is 1. The normalized spacial score (nSPS) is 13.9. The van der Waals surface area contributed by atoms with Crippen molar-refractivity contribution in [2.75, 3.05) is 51.9 Å². The maximum absolute atomic E-state index is 12.7. The number of hydrogen-bond donors (Lipinski definition) is 0. The molecule has 29 heavy (non-hydrogen) atoms. The van der Waals surface area contributed by atoms with Crippen LogP contribution in [0.1, 0.15) is 18.9 Å². The molecule has 0 unspecified atom stereocenters. The molecule has 1 fully saturated rings. The van der Waals surface area contributed by atoms with Crippen LogP contribution in [0.15, 0.2) is 42.5 Å². The van der Waals surface area contributed by atoms with Crippen LogP contribution >= 0.6 is 0 Å². The highest BCUT2D eigenvalue weighted by Gasteiger charge is 2.22. The molecule has 1 aliphatic heterocycles.